The van der Waals surface area contributed by atoms with E-state index in [9.17, 15) is 0 Å². The lowest BCUT2D eigenvalue weighted by Crippen LogP contribution is -2.21. The van der Waals surface area contributed by atoms with Gasteiger partial charge in [0.25, 0.3) is 0 Å². The summed E-state index contributed by atoms with van der Waals surface area (Å²) >= 11 is 0. The second-order valence-electron chi connectivity index (χ2n) is 1.35. The van der Waals surface area contributed by atoms with Gasteiger partial charge in [0, 0.05) is 13.2 Å². The minimum Gasteiger partial charge on any atom is -0.377 e. The Morgan fingerprint density at radius 1 is 1.50 bits per heavy atom. The zero-order valence-corrected chi connectivity index (χ0v) is 5.44. The van der Waals surface area contributed by atoms with E-state index in [2.05, 4.69) is 10.6 Å². The molecule has 0 aromatic heterocycles. The van der Waals surface area contributed by atoms with Crippen LogP contribution in [0.5, 0.6) is 0 Å². The van der Waals surface area contributed by atoms with Crippen molar-refractivity contribution in [2.24, 2.45) is 0 Å². The first-order chi connectivity index (χ1) is 3.89. The first-order valence-electron chi connectivity index (χ1n) is 3.02. The second-order valence-corrected chi connectivity index (χ2v) is 1.35. The van der Waals surface area contributed by atoms with Crippen molar-refractivity contribution in [3.8, 4) is 0 Å². The molecule has 1 atom stereocenters. The average Bonchev–Trinajstić information content (AvgIpc) is 2.24. The fourth-order valence-electron chi connectivity index (χ4n) is 0.471. The fourth-order valence-corrected chi connectivity index (χ4v) is 0.471. The topological polar surface area (TPSA) is 44.3 Å². The van der Waals surface area contributed by atoms with E-state index in [1.807, 2.05) is 13.8 Å². The van der Waals surface area contributed by atoms with Gasteiger partial charge < -0.3 is 10.4 Å². The van der Waals surface area contributed by atoms with Crippen molar-refractivity contribution >= 4 is 0 Å². The van der Waals surface area contributed by atoms with Crippen molar-refractivity contribution in [2.45, 2.75) is 20.1 Å². The largest absolute Gasteiger partial charge is 0.377 e. The third-order valence-electron chi connectivity index (χ3n) is 0.800. The normalized spacial score (nSPS) is 26.6. The maximum Gasteiger partial charge on any atom is 0.118 e. The van der Waals surface area contributed by atoms with Crippen LogP contribution in [-0.2, 0) is 0 Å². The summed E-state index contributed by atoms with van der Waals surface area (Å²) in [4.78, 5) is 0. The fraction of sp³-hybridized carbons (Fsp3) is 1.00. The number of hydrogen-bond acceptors (Lipinski definition) is 3. The molecule has 0 spiro atoms. The molecule has 8 heavy (non-hydrogen) atoms. The summed E-state index contributed by atoms with van der Waals surface area (Å²) < 4.78 is 0. The van der Waals surface area contributed by atoms with Crippen LogP contribution in [0, 0.1) is 0 Å². The van der Waals surface area contributed by atoms with Crippen LogP contribution in [0.3, 0.4) is 0 Å². The van der Waals surface area contributed by atoms with Crippen molar-refractivity contribution in [3.63, 3.8) is 0 Å². The highest BCUT2D eigenvalue weighted by atomic mass is 16.3. The Morgan fingerprint density at radius 3 is 2.25 bits per heavy atom. The predicted octanol–water partition coefficient (Wildman–Crippen LogP) is -0.519. The van der Waals surface area contributed by atoms with Gasteiger partial charge in [-0.1, -0.05) is 13.8 Å². The first kappa shape index (κ1) is 7.88. The molecular formula is C5H14N2O. The SMILES string of the molecule is CC.OC1CNCN1. The highest BCUT2D eigenvalue weighted by Crippen LogP contribution is 1.76. The highest BCUT2D eigenvalue weighted by molar-refractivity contribution is 4.62. The van der Waals surface area contributed by atoms with Crippen LogP contribution in [0.4, 0.5) is 0 Å². The Balaban J connectivity index is 0.000000222. The van der Waals surface area contributed by atoms with Gasteiger partial charge in [0.2, 0.25) is 0 Å². The van der Waals surface area contributed by atoms with Gasteiger partial charge in [-0.2, -0.15) is 0 Å². The Labute approximate surface area is 50.1 Å². The molecule has 0 saturated carbocycles. The van der Waals surface area contributed by atoms with Crippen LogP contribution in [-0.4, -0.2) is 24.5 Å². The Kier molecular flexibility index (Phi) is 4.95. The number of β-amino-alcohol motifs (C(OH)–C–C–N with tert-alkyl or cyclic N) is 1. The van der Waals surface area contributed by atoms with Crippen LogP contribution >= 0.6 is 0 Å². The summed E-state index contributed by atoms with van der Waals surface area (Å²) in [5, 5.41) is 14.2. The maximum absolute atomic E-state index is 8.56. The number of aliphatic hydroxyl groups is 1. The summed E-state index contributed by atoms with van der Waals surface area (Å²) in [7, 11) is 0. The molecule has 0 aromatic carbocycles. The quantitative estimate of drug-likeness (QED) is 0.401. The van der Waals surface area contributed by atoms with E-state index in [1.165, 1.54) is 0 Å². The molecule has 1 aliphatic rings. The lowest BCUT2D eigenvalue weighted by Gasteiger charge is -1.92. The molecule has 3 heteroatoms. The van der Waals surface area contributed by atoms with Crippen LogP contribution in [0.15, 0.2) is 0 Å². The zero-order valence-electron chi connectivity index (χ0n) is 5.44. The predicted molar refractivity (Wildman–Crippen MR) is 33.4 cm³/mol. The Bertz CT molecular complexity index is 43.7. The minimum atomic E-state index is -0.315. The second kappa shape index (κ2) is 5.03. The molecule has 50 valence electrons. The van der Waals surface area contributed by atoms with E-state index >= 15 is 0 Å². The third kappa shape index (κ3) is 2.96. The van der Waals surface area contributed by atoms with Crippen molar-refractivity contribution in [1.29, 1.82) is 0 Å². The minimum absolute atomic E-state index is 0.315. The standard InChI is InChI=1S/C3H8N2O.C2H6/c6-3-1-4-2-5-3;1-2/h3-6H,1-2H2;1-2H3. The van der Waals surface area contributed by atoms with Crippen LogP contribution < -0.4 is 10.6 Å². The van der Waals surface area contributed by atoms with Gasteiger partial charge in [-0.15, -0.1) is 0 Å². The molecule has 0 bridgehead atoms. The molecule has 3 N–H and O–H groups in total. The molecule has 1 heterocycles. The number of aliphatic hydroxyl groups excluding tert-OH is 1. The summed E-state index contributed by atoms with van der Waals surface area (Å²) in [6, 6.07) is 0. The Hall–Kier alpha value is -0.120. The monoisotopic (exact) mass is 118 g/mol. The molecular weight excluding hydrogens is 104 g/mol. The van der Waals surface area contributed by atoms with Gasteiger partial charge >= 0.3 is 0 Å². The summed E-state index contributed by atoms with van der Waals surface area (Å²) in [5.41, 5.74) is 0. The van der Waals surface area contributed by atoms with E-state index in [0.29, 0.717) is 6.54 Å². The molecule has 1 saturated heterocycles. The third-order valence-corrected chi connectivity index (χ3v) is 0.800. The average molecular weight is 118 g/mol. The van der Waals surface area contributed by atoms with Gasteiger partial charge in [0.1, 0.15) is 6.23 Å². The van der Waals surface area contributed by atoms with Crippen LogP contribution in [0.25, 0.3) is 0 Å². The van der Waals surface area contributed by atoms with Crippen molar-refractivity contribution in [3.05, 3.63) is 0 Å². The van der Waals surface area contributed by atoms with Crippen LogP contribution in [0.1, 0.15) is 13.8 Å². The van der Waals surface area contributed by atoms with E-state index < -0.39 is 0 Å². The van der Waals surface area contributed by atoms with Crippen molar-refractivity contribution < 1.29 is 5.11 Å². The molecule has 3 nitrogen and oxygen atoms in total. The number of hydrogen-bond donors (Lipinski definition) is 3. The number of rotatable bonds is 0. The molecule has 1 rings (SSSR count). The molecule has 1 fully saturated rings. The smallest absolute Gasteiger partial charge is 0.118 e. The Morgan fingerprint density at radius 2 is 2.12 bits per heavy atom. The zero-order chi connectivity index (χ0) is 6.41. The summed E-state index contributed by atoms with van der Waals surface area (Å²) in [6.45, 7) is 5.42. The lowest BCUT2D eigenvalue weighted by molar-refractivity contribution is 0.172. The van der Waals surface area contributed by atoms with E-state index in [0.717, 1.165) is 6.67 Å². The maximum atomic E-state index is 8.56. The summed E-state index contributed by atoms with van der Waals surface area (Å²) in [5.74, 6) is 0. The van der Waals surface area contributed by atoms with E-state index in [4.69, 9.17) is 5.11 Å². The van der Waals surface area contributed by atoms with Gasteiger partial charge in [-0.25, -0.2) is 0 Å². The van der Waals surface area contributed by atoms with Crippen LogP contribution in [0.2, 0.25) is 0 Å². The van der Waals surface area contributed by atoms with E-state index in [1.54, 1.807) is 0 Å². The van der Waals surface area contributed by atoms with Gasteiger partial charge in [0.05, 0.1) is 0 Å². The molecule has 1 aliphatic heterocycles. The lowest BCUT2D eigenvalue weighted by atomic mass is 10.6. The van der Waals surface area contributed by atoms with Gasteiger partial charge in [-0.3, -0.25) is 5.32 Å². The number of nitrogens with one attached hydrogen (secondary N) is 2. The molecule has 0 radical (unpaired) electrons. The molecule has 0 amide bonds. The van der Waals surface area contributed by atoms with Gasteiger partial charge in [-0.05, 0) is 0 Å². The molecule has 1 unspecified atom stereocenters. The van der Waals surface area contributed by atoms with Crippen molar-refractivity contribution in [2.75, 3.05) is 13.2 Å². The molecule has 0 aliphatic carbocycles. The summed E-state index contributed by atoms with van der Waals surface area (Å²) in [6.07, 6.45) is -0.315. The van der Waals surface area contributed by atoms with Gasteiger partial charge in [0.15, 0.2) is 0 Å². The first-order valence-corrected chi connectivity index (χ1v) is 3.02. The van der Waals surface area contributed by atoms with Crippen molar-refractivity contribution in [1.82, 2.24) is 10.6 Å². The highest BCUT2D eigenvalue weighted by Gasteiger charge is 2.06. The van der Waals surface area contributed by atoms with E-state index in [-0.39, 0.29) is 6.23 Å². The molecule has 0 aromatic rings.